The van der Waals surface area contributed by atoms with Gasteiger partial charge in [-0.1, -0.05) is 68.5 Å². The maximum atomic E-state index is 12.6. The number of ketones is 1. The molecule has 8 nitrogen and oxygen atoms in total. The van der Waals surface area contributed by atoms with Crippen LogP contribution in [0.3, 0.4) is 0 Å². The number of para-hydroxylation sites is 1. The van der Waals surface area contributed by atoms with E-state index in [9.17, 15) is 30.0 Å². The molecular formula is C45H55ClN2O6. The summed E-state index contributed by atoms with van der Waals surface area (Å²) < 4.78 is 0. The van der Waals surface area contributed by atoms with Crippen LogP contribution in [0.25, 0.3) is 10.9 Å². The lowest BCUT2D eigenvalue weighted by molar-refractivity contribution is -0.211. The van der Waals surface area contributed by atoms with Gasteiger partial charge in [0.1, 0.15) is 5.60 Å². The fraction of sp³-hybridized carbons (Fsp3) is 0.578. The fourth-order valence-electron chi connectivity index (χ4n) is 11.9. The van der Waals surface area contributed by atoms with E-state index in [0.717, 1.165) is 41.4 Å². The number of benzene rings is 2. The van der Waals surface area contributed by atoms with Gasteiger partial charge in [-0.25, -0.2) is 0 Å². The summed E-state index contributed by atoms with van der Waals surface area (Å²) >= 11 is 6.78. The van der Waals surface area contributed by atoms with Crippen molar-refractivity contribution in [2.24, 2.45) is 46.3 Å². The number of nitrogens with zero attached hydrogens (tertiary/aromatic N) is 1. The van der Waals surface area contributed by atoms with E-state index in [2.05, 4.69) is 42.9 Å². The van der Waals surface area contributed by atoms with Crippen LogP contribution in [0.2, 0.25) is 5.02 Å². The number of nitrogens with one attached hydrogen (secondary N) is 1. The van der Waals surface area contributed by atoms with Crippen molar-refractivity contribution in [1.29, 1.82) is 0 Å². The number of Topliss-reactive ketones (excluding diaryl/α,β-unsaturated/α-hetero) is 1. The molecule has 7 rings (SSSR count). The van der Waals surface area contributed by atoms with Crippen LogP contribution in [0.5, 0.6) is 0 Å². The van der Waals surface area contributed by atoms with E-state index in [1.165, 1.54) is 0 Å². The number of halogens is 1. The molecule has 4 fully saturated rings. The van der Waals surface area contributed by atoms with E-state index in [1.807, 2.05) is 49.4 Å². The molecule has 0 radical (unpaired) electrons. The third kappa shape index (κ3) is 6.74. The number of aliphatic hydroxyl groups is 3. The largest absolute Gasteiger partial charge is 0.481 e. The van der Waals surface area contributed by atoms with Crippen molar-refractivity contribution in [3.05, 3.63) is 69.9 Å². The molecule has 0 bridgehead atoms. The Morgan fingerprint density at radius 1 is 1.07 bits per heavy atom. The van der Waals surface area contributed by atoms with Gasteiger partial charge in [0.25, 0.3) is 0 Å². The molecule has 1 heterocycles. The van der Waals surface area contributed by atoms with Gasteiger partial charge in [-0.3, -0.25) is 14.6 Å². The van der Waals surface area contributed by atoms with Crippen LogP contribution in [0.1, 0.15) is 113 Å². The highest BCUT2D eigenvalue weighted by Crippen LogP contribution is 2.69. The number of carbonyl (C=O) groups is 2. The van der Waals surface area contributed by atoms with Crippen LogP contribution in [0.15, 0.2) is 42.5 Å². The summed E-state index contributed by atoms with van der Waals surface area (Å²) in [5.41, 5.74) is 2.67. The smallest absolute Gasteiger partial charge is 0.303 e. The number of pyridine rings is 1. The molecule has 5 N–H and O–H groups in total. The van der Waals surface area contributed by atoms with Gasteiger partial charge in [0.05, 0.1) is 39.7 Å². The van der Waals surface area contributed by atoms with Gasteiger partial charge in [-0.05, 0) is 135 Å². The van der Waals surface area contributed by atoms with Crippen molar-refractivity contribution in [3.8, 4) is 11.8 Å². The lowest BCUT2D eigenvalue weighted by Gasteiger charge is -2.64. The number of aryl methyl sites for hydroxylation is 1. The molecule has 5 unspecified atom stereocenters. The van der Waals surface area contributed by atoms with Crippen LogP contribution >= 0.6 is 11.6 Å². The summed E-state index contributed by atoms with van der Waals surface area (Å²) in [5.74, 6) is 6.42. The number of aliphatic hydroxyl groups excluding tert-OH is 2. The normalized spacial score (nSPS) is 34.9. The Balaban J connectivity index is 1.05. The molecule has 9 heteroatoms. The molecule has 4 aliphatic carbocycles. The highest BCUT2D eigenvalue weighted by atomic mass is 35.5. The van der Waals surface area contributed by atoms with Gasteiger partial charge in [-0.15, -0.1) is 0 Å². The average Bonchev–Trinajstić information content (AvgIpc) is 3.48. The second-order valence-electron chi connectivity index (χ2n) is 17.7. The van der Waals surface area contributed by atoms with Crippen molar-refractivity contribution in [3.63, 3.8) is 0 Å². The lowest BCUT2D eigenvalue weighted by Crippen LogP contribution is -2.63. The number of anilines is 1. The zero-order chi connectivity index (χ0) is 38.7. The second-order valence-corrected chi connectivity index (χ2v) is 18.1. The monoisotopic (exact) mass is 754 g/mol. The zero-order valence-corrected chi connectivity index (χ0v) is 32.9. The van der Waals surface area contributed by atoms with Crippen molar-refractivity contribution in [2.45, 2.75) is 117 Å². The topological polar surface area (TPSA) is 140 Å². The first kappa shape index (κ1) is 38.8. The molecule has 2 aromatic carbocycles. The summed E-state index contributed by atoms with van der Waals surface area (Å²) in [4.78, 5) is 28.6. The Morgan fingerprint density at radius 2 is 1.83 bits per heavy atom. The van der Waals surface area contributed by atoms with Crippen LogP contribution in [0, 0.1) is 65.1 Å². The number of aliphatic carboxylic acids is 1. The predicted octanol–water partition coefficient (Wildman–Crippen LogP) is 8.20. The van der Waals surface area contributed by atoms with E-state index < -0.39 is 23.8 Å². The van der Waals surface area contributed by atoms with Crippen molar-refractivity contribution < 1.29 is 30.0 Å². The van der Waals surface area contributed by atoms with Gasteiger partial charge in [-0.2, -0.15) is 0 Å². The van der Waals surface area contributed by atoms with Crippen molar-refractivity contribution in [1.82, 2.24) is 4.98 Å². The van der Waals surface area contributed by atoms with E-state index in [1.54, 1.807) is 6.92 Å². The molecule has 4 saturated carbocycles. The maximum absolute atomic E-state index is 12.6. The molecule has 288 valence electrons. The third-order valence-corrected chi connectivity index (χ3v) is 15.1. The minimum Gasteiger partial charge on any atom is -0.481 e. The first-order valence-corrected chi connectivity index (χ1v) is 20.2. The fourth-order valence-corrected chi connectivity index (χ4v) is 12.2. The first-order valence-electron chi connectivity index (χ1n) is 19.8. The molecule has 0 saturated heterocycles. The SMILES string of the molecule is CC(=O)c1c(C)nc2ccccc2c1NCc1ccc(C#C[C@@]2(O)CC[C@@]3(C)C(C[C@@H](O)C4C3C[C@H](O)[C@@]3(C)C4CC[C@@H]3C(C)CCC(=O)O)C2)c(Cl)c1. The number of carboxylic acid groups (broad SMARTS) is 1. The zero-order valence-electron chi connectivity index (χ0n) is 32.2. The summed E-state index contributed by atoms with van der Waals surface area (Å²) in [6.07, 6.45) is 4.55. The molecule has 0 spiro atoms. The number of rotatable bonds is 8. The Morgan fingerprint density at radius 3 is 2.56 bits per heavy atom. The van der Waals surface area contributed by atoms with E-state index in [0.29, 0.717) is 60.5 Å². The highest BCUT2D eigenvalue weighted by molar-refractivity contribution is 6.31. The Hall–Kier alpha value is -3.48. The average molecular weight is 755 g/mol. The molecule has 0 amide bonds. The Bertz CT molecular complexity index is 2020. The van der Waals surface area contributed by atoms with Gasteiger partial charge in [0.15, 0.2) is 5.78 Å². The number of carbonyl (C=O) groups excluding carboxylic acids is 1. The first-order chi connectivity index (χ1) is 25.6. The predicted molar refractivity (Wildman–Crippen MR) is 211 cm³/mol. The third-order valence-electron chi connectivity index (χ3n) is 14.8. The molecule has 1 aromatic heterocycles. The van der Waals surface area contributed by atoms with Gasteiger partial charge < -0.3 is 25.7 Å². The van der Waals surface area contributed by atoms with E-state index >= 15 is 0 Å². The second kappa shape index (κ2) is 14.5. The molecule has 3 aromatic rings. The standard InChI is InChI=1S/C45H55ClN2O6/c1-25(10-15-39(52)53)32-13-14-33-41-34(22-38(51)44(32,33)5)43(4)18-19-45(54,23-30(43)21-37(41)50)17-16-29-12-11-28(20-35(29)46)24-47-42-31-8-6-7-9-36(31)48-26(2)40(42)27(3)49/h6-9,11-12,20,25,30,32-34,37-38,41,50-51,54H,10,13-15,18-19,21-24H2,1-5H3,(H,47,48)(H,52,53)/t25?,30?,32-,33?,34?,37-,38+,41?,43+,44-,45-/m1/s1. The summed E-state index contributed by atoms with van der Waals surface area (Å²) in [6, 6.07) is 13.4. The summed E-state index contributed by atoms with van der Waals surface area (Å²) in [5, 5.41) is 49.8. The van der Waals surface area contributed by atoms with Crippen molar-refractivity contribution >= 4 is 39.9 Å². The Labute approximate surface area is 324 Å². The number of carboxylic acids is 1. The molecular weight excluding hydrogens is 700 g/mol. The van der Waals surface area contributed by atoms with Crippen LogP contribution in [0.4, 0.5) is 5.69 Å². The van der Waals surface area contributed by atoms with Crippen LogP contribution in [-0.2, 0) is 11.3 Å². The van der Waals surface area contributed by atoms with Gasteiger partial charge in [0, 0.05) is 23.9 Å². The molecule has 11 atom stereocenters. The quantitative estimate of drug-likeness (QED) is 0.115. The lowest BCUT2D eigenvalue weighted by atomic mass is 9.42. The number of fused-ring (bicyclic) bond motifs is 6. The van der Waals surface area contributed by atoms with E-state index in [4.69, 9.17) is 11.6 Å². The number of hydrogen-bond acceptors (Lipinski definition) is 7. The van der Waals surface area contributed by atoms with Crippen LogP contribution in [-0.4, -0.2) is 55.0 Å². The number of hydrogen-bond donors (Lipinski definition) is 5. The Kier molecular flexibility index (Phi) is 10.4. The maximum Gasteiger partial charge on any atom is 0.303 e. The van der Waals surface area contributed by atoms with Gasteiger partial charge >= 0.3 is 5.97 Å². The van der Waals surface area contributed by atoms with Crippen molar-refractivity contribution in [2.75, 3.05) is 5.32 Å². The number of aromatic nitrogens is 1. The van der Waals surface area contributed by atoms with E-state index in [-0.39, 0.29) is 58.5 Å². The van der Waals surface area contributed by atoms with Gasteiger partial charge in [0.2, 0.25) is 0 Å². The summed E-state index contributed by atoms with van der Waals surface area (Å²) in [7, 11) is 0. The van der Waals surface area contributed by atoms with Crippen LogP contribution < -0.4 is 5.32 Å². The molecule has 54 heavy (non-hydrogen) atoms. The molecule has 4 aliphatic rings. The summed E-state index contributed by atoms with van der Waals surface area (Å²) in [6.45, 7) is 10.5. The highest BCUT2D eigenvalue weighted by Gasteiger charge is 2.66. The minimum atomic E-state index is -1.22. The minimum absolute atomic E-state index is 0.0527. The molecule has 0 aliphatic heterocycles.